The van der Waals surface area contributed by atoms with Gasteiger partial charge in [-0.15, -0.1) is 0 Å². The van der Waals surface area contributed by atoms with Crippen LogP contribution in [0.1, 0.15) is 31.4 Å². The number of carbonyl (C=O) groups excluding carboxylic acids is 2. The molecule has 2 aliphatic rings. The molecule has 1 aromatic rings. The predicted octanol–water partition coefficient (Wildman–Crippen LogP) is 2.20. The van der Waals surface area contributed by atoms with Crippen molar-refractivity contribution in [2.45, 2.75) is 38.3 Å². The summed E-state index contributed by atoms with van der Waals surface area (Å²) in [4.78, 5) is 24.7. The van der Waals surface area contributed by atoms with Crippen molar-refractivity contribution in [3.8, 4) is 0 Å². The van der Waals surface area contributed by atoms with E-state index < -0.39 is 48.3 Å². The van der Waals surface area contributed by atoms with Gasteiger partial charge in [-0.25, -0.2) is 17.6 Å². The van der Waals surface area contributed by atoms with Crippen LogP contribution in [0.25, 0.3) is 0 Å². The average Bonchev–Trinajstić information content (AvgIpc) is 2.61. The van der Waals surface area contributed by atoms with Crippen molar-refractivity contribution in [1.29, 1.82) is 0 Å². The van der Waals surface area contributed by atoms with Gasteiger partial charge in [0.2, 0.25) is 11.8 Å². The lowest BCUT2D eigenvalue weighted by Crippen LogP contribution is -2.55. The molecule has 2 heterocycles. The fourth-order valence-corrected chi connectivity index (χ4v) is 3.83. The first-order valence-electron chi connectivity index (χ1n) is 9.05. The molecule has 152 valence electrons. The van der Waals surface area contributed by atoms with Gasteiger partial charge in [-0.05, 0) is 26.0 Å². The zero-order valence-corrected chi connectivity index (χ0v) is 15.2. The van der Waals surface area contributed by atoms with Crippen LogP contribution in [0, 0.1) is 17.6 Å². The Morgan fingerprint density at radius 3 is 2.75 bits per heavy atom. The normalized spacial score (nSPS) is 23.3. The van der Waals surface area contributed by atoms with Crippen LogP contribution in [0.5, 0.6) is 0 Å². The SMILES string of the molecule is C[C@H](NC(=O)CC1=C(C(F)F)C2CNCCC2NC1=O)c1ccc(F)cc1F. The fourth-order valence-electron chi connectivity index (χ4n) is 3.83. The summed E-state index contributed by atoms with van der Waals surface area (Å²) in [5, 5.41) is 8.22. The summed E-state index contributed by atoms with van der Waals surface area (Å²) in [5.74, 6) is -3.51. The summed E-state index contributed by atoms with van der Waals surface area (Å²) in [6.07, 6.45) is -2.86. The highest BCUT2D eigenvalue weighted by Gasteiger charge is 2.41. The van der Waals surface area contributed by atoms with Gasteiger partial charge in [0.1, 0.15) is 11.6 Å². The minimum absolute atomic E-state index is 0.0578. The number of amides is 2. The molecule has 0 aliphatic carbocycles. The molecule has 0 radical (unpaired) electrons. The highest BCUT2D eigenvalue weighted by molar-refractivity contribution is 6.00. The largest absolute Gasteiger partial charge is 0.349 e. The Labute approximate surface area is 159 Å². The summed E-state index contributed by atoms with van der Waals surface area (Å²) in [6, 6.07) is 1.76. The lowest BCUT2D eigenvalue weighted by Gasteiger charge is -2.39. The fraction of sp³-hybridized carbons (Fsp3) is 0.474. The van der Waals surface area contributed by atoms with E-state index in [4.69, 9.17) is 0 Å². The summed E-state index contributed by atoms with van der Waals surface area (Å²) in [6.45, 7) is 2.40. The van der Waals surface area contributed by atoms with Gasteiger partial charge in [0, 0.05) is 41.3 Å². The Morgan fingerprint density at radius 1 is 1.32 bits per heavy atom. The lowest BCUT2D eigenvalue weighted by atomic mass is 9.80. The molecule has 0 bridgehead atoms. The molecule has 2 unspecified atom stereocenters. The summed E-state index contributed by atoms with van der Waals surface area (Å²) < 4.78 is 54.3. The van der Waals surface area contributed by atoms with E-state index in [1.807, 2.05) is 0 Å². The van der Waals surface area contributed by atoms with E-state index in [9.17, 15) is 27.2 Å². The Hall–Kier alpha value is -2.42. The Balaban J connectivity index is 1.78. The van der Waals surface area contributed by atoms with Crippen LogP contribution in [-0.2, 0) is 9.59 Å². The Morgan fingerprint density at radius 2 is 2.07 bits per heavy atom. The standard InChI is InChI=1S/C19H21F4N3O2/c1-9(11-3-2-10(20)6-14(11)21)25-16(27)7-12-17(18(22)23)13-8-24-5-4-15(13)26-19(12)28/h2-3,6,9,13,15,18,24H,4-5,7-8H2,1H3,(H,25,27)(H,26,28)/t9-,13?,15?/m0/s1. The molecule has 2 aliphatic heterocycles. The smallest absolute Gasteiger partial charge is 0.261 e. The second-order valence-corrected chi connectivity index (χ2v) is 7.05. The second kappa shape index (κ2) is 8.30. The first-order chi connectivity index (χ1) is 13.3. The third-order valence-corrected chi connectivity index (χ3v) is 5.20. The number of benzene rings is 1. The number of halogens is 4. The van der Waals surface area contributed by atoms with Crippen LogP contribution in [0.3, 0.4) is 0 Å². The van der Waals surface area contributed by atoms with Crippen LogP contribution in [0.2, 0.25) is 0 Å². The van der Waals surface area contributed by atoms with Crippen LogP contribution in [-0.4, -0.2) is 37.4 Å². The predicted molar refractivity (Wildman–Crippen MR) is 93.5 cm³/mol. The number of hydrogen-bond acceptors (Lipinski definition) is 3. The summed E-state index contributed by atoms with van der Waals surface area (Å²) in [7, 11) is 0. The molecule has 0 spiro atoms. The molecule has 3 atom stereocenters. The van der Waals surface area contributed by atoms with Crippen molar-refractivity contribution in [2.75, 3.05) is 13.1 Å². The number of carbonyl (C=O) groups is 2. The average molecular weight is 399 g/mol. The van der Waals surface area contributed by atoms with Gasteiger partial charge in [0.15, 0.2) is 0 Å². The molecular formula is C19H21F4N3O2. The molecule has 0 aromatic heterocycles. The zero-order valence-electron chi connectivity index (χ0n) is 15.2. The number of alkyl halides is 2. The van der Waals surface area contributed by atoms with Crippen molar-refractivity contribution >= 4 is 11.8 Å². The Kier molecular flexibility index (Phi) is 6.02. The van der Waals surface area contributed by atoms with Gasteiger partial charge in [0.05, 0.1) is 12.5 Å². The molecule has 1 saturated heterocycles. The first kappa shape index (κ1) is 20.3. The molecule has 9 heteroatoms. The minimum Gasteiger partial charge on any atom is -0.349 e. The topological polar surface area (TPSA) is 70.2 Å². The molecule has 1 fully saturated rings. The molecule has 1 aromatic carbocycles. The van der Waals surface area contributed by atoms with E-state index in [-0.39, 0.29) is 22.8 Å². The highest BCUT2D eigenvalue weighted by Crippen LogP contribution is 2.33. The molecule has 3 rings (SSSR count). The molecule has 0 saturated carbocycles. The van der Waals surface area contributed by atoms with Gasteiger partial charge in [-0.2, -0.15) is 0 Å². The monoisotopic (exact) mass is 399 g/mol. The third-order valence-electron chi connectivity index (χ3n) is 5.20. The summed E-state index contributed by atoms with van der Waals surface area (Å²) >= 11 is 0. The minimum atomic E-state index is -2.85. The summed E-state index contributed by atoms with van der Waals surface area (Å²) in [5.41, 5.74) is -0.497. The van der Waals surface area contributed by atoms with Crippen LogP contribution in [0.15, 0.2) is 29.3 Å². The van der Waals surface area contributed by atoms with E-state index in [0.29, 0.717) is 25.6 Å². The Bertz CT molecular complexity index is 812. The van der Waals surface area contributed by atoms with Gasteiger partial charge >= 0.3 is 0 Å². The van der Waals surface area contributed by atoms with Crippen molar-refractivity contribution in [3.05, 3.63) is 46.5 Å². The maximum atomic E-state index is 13.9. The number of hydrogen-bond donors (Lipinski definition) is 3. The molecule has 3 N–H and O–H groups in total. The number of piperidine rings is 1. The maximum absolute atomic E-state index is 13.9. The van der Waals surface area contributed by atoms with Gasteiger partial charge in [0.25, 0.3) is 6.43 Å². The molecule has 28 heavy (non-hydrogen) atoms. The van der Waals surface area contributed by atoms with E-state index in [1.165, 1.54) is 13.0 Å². The lowest BCUT2D eigenvalue weighted by molar-refractivity contribution is -0.124. The van der Waals surface area contributed by atoms with Crippen molar-refractivity contribution in [2.24, 2.45) is 5.92 Å². The highest BCUT2D eigenvalue weighted by atomic mass is 19.3. The van der Waals surface area contributed by atoms with E-state index in [0.717, 1.165) is 6.07 Å². The van der Waals surface area contributed by atoms with Gasteiger partial charge in [-0.1, -0.05) is 6.07 Å². The third kappa shape index (κ3) is 4.19. The molecule has 2 amide bonds. The molecular weight excluding hydrogens is 378 g/mol. The van der Waals surface area contributed by atoms with E-state index >= 15 is 0 Å². The van der Waals surface area contributed by atoms with Gasteiger partial charge in [-0.3, -0.25) is 9.59 Å². The zero-order chi connectivity index (χ0) is 20.4. The van der Waals surface area contributed by atoms with Crippen LogP contribution < -0.4 is 16.0 Å². The number of rotatable bonds is 5. The molecule has 5 nitrogen and oxygen atoms in total. The second-order valence-electron chi connectivity index (χ2n) is 7.05. The van der Waals surface area contributed by atoms with Crippen molar-refractivity contribution < 1.29 is 27.2 Å². The quantitative estimate of drug-likeness (QED) is 0.665. The van der Waals surface area contributed by atoms with E-state index in [1.54, 1.807) is 0 Å². The van der Waals surface area contributed by atoms with E-state index in [2.05, 4.69) is 16.0 Å². The van der Waals surface area contributed by atoms with Gasteiger partial charge < -0.3 is 16.0 Å². The van der Waals surface area contributed by atoms with Crippen molar-refractivity contribution in [3.63, 3.8) is 0 Å². The number of nitrogens with one attached hydrogen (secondary N) is 3. The van der Waals surface area contributed by atoms with Crippen molar-refractivity contribution in [1.82, 2.24) is 16.0 Å². The van der Waals surface area contributed by atoms with Crippen LogP contribution in [0.4, 0.5) is 17.6 Å². The maximum Gasteiger partial charge on any atom is 0.261 e. The van der Waals surface area contributed by atoms with Crippen LogP contribution >= 0.6 is 0 Å². The number of fused-ring (bicyclic) bond motifs is 1. The first-order valence-corrected chi connectivity index (χ1v) is 9.05.